The van der Waals surface area contributed by atoms with Gasteiger partial charge in [0.1, 0.15) is 11.6 Å². The maximum absolute atomic E-state index is 13.6. The molecule has 19 heavy (non-hydrogen) atoms. The summed E-state index contributed by atoms with van der Waals surface area (Å²) >= 11 is 0. The molecule has 2 atom stereocenters. The first-order valence-corrected chi connectivity index (χ1v) is 5.70. The van der Waals surface area contributed by atoms with Crippen LogP contribution in [0.3, 0.4) is 0 Å². The number of hydrogen-bond donors (Lipinski definition) is 1. The van der Waals surface area contributed by atoms with Crippen LogP contribution in [0.15, 0.2) is 18.2 Å². The monoisotopic (exact) mass is 280 g/mol. The van der Waals surface area contributed by atoms with Crippen molar-refractivity contribution in [2.45, 2.75) is 31.4 Å². The van der Waals surface area contributed by atoms with Gasteiger partial charge in [0, 0.05) is 18.6 Å². The Bertz CT molecular complexity index is 447. The Morgan fingerprint density at radius 2 is 2.05 bits per heavy atom. The van der Waals surface area contributed by atoms with Crippen LogP contribution in [0.25, 0.3) is 0 Å². The highest BCUT2D eigenvalue weighted by Gasteiger charge is 2.32. The van der Waals surface area contributed by atoms with Crippen LogP contribution in [0, 0.1) is 5.82 Å². The van der Waals surface area contributed by atoms with Gasteiger partial charge in [-0.3, -0.25) is 0 Å². The third-order valence-corrected chi connectivity index (χ3v) is 2.80. The Labute approximate surface area is 106 Å². The average molecular weight is 280 g/mol. The van der Waals surface area contributed by atoms with Gasteiger partial charge in [0.2, 0.25) is 0 Å². The molecule has 2 unspecified atom stereocenters. The molecule has 1 N–H and O–H groups in total. The Morgan fingerprint density at radius 3 is 2.68 bits per heavy atom. The highest BCUT2D eigenvalue weighted by Crippen LogP contribution is 2.33. The topological polar surface area (TPSA) is 38.7 Å². The van der Waals surface area contributed by atoms with Crippen LogP contribution >= 0.6 is 0 Å². The molecular formula is C12H12F4O3. The maximum Gasteiger partial charge on any atom is 0.573 e. The quantitative estimate of drug-likeness (QED) is 0.846. The van der Waals surface area contributed by atoms with Crippen LogP contribution in [-0.2, 0) is 4.74 Å². The summed E-state index contributed by atoms with van der Waals surface area (Å²) in [6.07, 6.45) is -5.67. The SMILES string of the molecule is OC1CCOC(c2cc(OC(F)(F)F)ccc2F)C1. The summed E-state index contributed by atoms with van der Waals surface area (Å²) in [5.41, 5.74) is -0.0412. The number of benzene rings is 1. The number of alkyl halides is 3. The fourth-order valence-corrected chi connectivity index (χ4v) is 1.96. The van der Waals surface area contributed by atoms with Crippen LogP contribution in [0.1, 0.15) is 24.5 Å². The first kappa shape index (κ1) is 14.1. The highest BCUT2D eigenvalue weighted by molar-refractivity contribution is 5.31. The van der Waals surface area contributed by atoms with E-state index in [0.29, 0.717) is 6.42 Å². The van der Waals surface area contributed by atoms with Crippen LogP contribution in [0.5, 0.6) is 5.75 Å². The fourth-order valence-electron chi connectivity index (χ4n) is 1.96. The highest BCUT2D eigenvalue weighted by atomic mass is 19.4. The Kier molecular flexibility index (Phi) is 3.96. The number of aliphatic hydroxyl groups excluding tert-OH is 1. The molecule has 1 heterocycles. The lowest BCUT2D eigenvalue weighted by Crippen LogP contribution is -2.24. The molecule has 1 aliphatic rings. The molecule has 106 valence electrons. The van der Waals surface area contributed by atoms with Crippen LogP contribution in [0.4, 0.5) is 17.6 Å². The summed E-state index contributed by atoms with van der Waals surface area (Å²) in [5, 5.41) is 9.47. The first-order valence-electron chi connectivity index (χ1n) is 5.70. The largest absolute Gasteiger partial charge is 0.573 e. The minimum Gasteiger partial charge on any atom is -0.406 e. The van der Waals surface area contributed by atoms with Crippen molar-refractivity contribution in [3.8, 4) is 5.75 Å². The number of ether oxygens (including phenoxy) is 2. The molecule has 1 aliphatic heterocycles. The molecule has 0 spiro atoms. The van der Waals surface area contributed by atoms with Crippen molar-refractivity contribution >= 4 is 0 Å². The lowest BCUT2D eigenvalue weighted by Gasteiger charge is -2.27. The summed E-state index contributed by atoms with van der Waals surface area (Å²) in [6, 6.07) is 2.73. The van der Waals surface area contributed by atoms with Gasteiger partial charge < -0.3 is 14.6 Å². The summed E-state index contributed by atoms with van der Waals surface area (Å²) in [6.45, 7) is 0.232. The number of rotatable bonds is 2. The second kappa shape index (κ2) is 5.34. The third-order valence-electron chi connectivity index (χ3n) is 2.80. The van der Waals surface area contributed by atoms with E-state index in [2.05, 4.69) is 4.74 Å². The van der Waals surface area contributed by atoms with E-state index < -0.39 is 30.1 Å². The van der Waals surface area contributed by atoms with Crippen LogP contribution < -0.4 is 4.74 Å². The van der Waals surface area contributed by atoms with Crippen LogP contribution in [0.2, 0.25) is 0 Å². The van der Waals surface area contributed by atoms with E-state index in [1.54, 1.807) is 0 Å². The van der Waals surface area contributed by atoms with Crippen LogP contribution in [-0.4, -0.2) is 24.2 Å². The van der Waals surface area contributed by atoms with Gasteiger partial charge >= 0.3 is 6.36 Å². The molecule has 1 aromatic carbocycles. The molecule has 2 rings (SSSR count). The lowest BCUT2D eigenvalue weighted by molar-refractivity contribution is -0.274. The second-order valence-electron chi connectivity index (χ2n) is 4.27. The smallest absolute Gasteiger partial charge is 0.406 e. The molecule has 3 nitrogen and oxygen atoms in total. The van der Waals surface area contributed by atoms with Gasteiger partial charge in [-0.15, -0.1) is 13.2 Å². The maximum atomic E-state index is 13.6. The summed E-state index contributed by atoms with van der Waals surface area (Å²) in [4.78, 5) is 0. The molecule has 0 aromatic heterocycles. The average Bonchev–Trinajstić information content (AvgIpc) is 2.30. The number of hydrogen-bond acceptors (Lipinski definition) is 3. The molecule has 1 aromatic rings. The van der Waals surface area contributed by atoms with Crippen molar-refractivity contribution in [1.29, 1.82) is 0 Å². The van der Waals surface area contributed by atoms with E-state index in [1.807, 2.05) is 0 Å². The van der Waals surface area contributed by atoms with Gasteiger partial charge in [0.25, 0.3) is 0 Å². The predicted molar refractivity (Wildman–Crippen MR) is 57.0 cm³/mol. The molecule has 0 amide bonds. The molecule has 0 radical (unpaired) electrons. The molecule has 0 saturated carbocycles. The zero-order valence-electron chi connectivity index (χ0n) is 9.78. The molecule has 1 fully saturated rings. The first-order chi connectivity index (χ1) is 8.85. The number of aliphatic hydroxyl groups is 1. The van der Waals surface area contributed by atoms with E-state index in [4.69, 9.17) is 4.74 Å². The van der Waals surface area contributed by atoms with Crippen molar-refractivity contribution in [2.75, 3.05) is 6.61 Å². The van der Waals surface area contributed by atoms with Gasteiger partial charge in [-0.25, -0.2) is 4.39 Å². The van der Waals surface area contributed by atoms with Crippen molar-refractivity contribution < 1.29 is 32.1 Å². The summed E-state index contributed by atoms with van der Waals surface area (Å²) < 4.78 is 58.9. The van der Waals surface area contributed by atoms with E-state index in [9.17, 15) is 22.7 Å². The zero-order chi connectivity index (χ0) is 14.0. The normalized spacial score (nSPS) is 24.3. The molecule has 1 saturated heterocycles. The van der Waals surface area contributed by atoms with E-state index in [0.717, 1.165) is 18.2 Å². The Morgan fingerprint density at radius 1 is 1.32 bits per heavy atom. The third kappa shape index (κ3) is 3.81. The van der Waals surface area contributed by atoms with Gasteiger partial charge in [0.15, 0.2) is 0 Å². The lowest BCUT2D eigenvalue weighted by atomic mass is 9.99. The van der Waals surface area contributed by atoms with Gasteiger partial charge in [-0.1, -0.05) is 0 Å². The van der Waals surface area contributed by atoms with E-state index in [-0.39, 0.29) is 18.6 Å². The molecule has 0 bridgehead atoms. The van der Waals surface area contributed by atoms with Crippen molar-refractivity contribution in [3.63, 3.8) is 0 Å². The summed E-state index contributed by atoms with van der Waals surface area (Å²) in [5.74, 6) is -1.19. The van der Waals surface area contributed by atoms with Gasteiger partial charge in [-0.05, 0) is 24.6 Å². The minimum absolute atomic E-state index is 0.0412. The second-order valence-corrected chi connectivity index (χ2v) is 4.27. The van der Waals surface area contributed by atoms with Crippen molar-refractivity contribution in [3.05, 3.63) is 29.6 Å². The standard InChI is InChI=1S/C12H12F4O3/c13-10-2-1-8(19-12(14,15)16)6-9(10)11-5-7(17)3-4-18-11/h1-2,6-7,11,17H,3-5H2. The Hall–Kier alpha value is -1.34. The minimum atomic E-state index is -4.83. The molecular weight excluding hydrogens is 268 g/mol. The van der Waals surface area contributed by atoms with Gasteiger partial charge in [-0.2, -0.15) is 0 Å². The van der Waals surface area contributed by atoms with Gasteiger partial charge in [0.05, 0.1) is 12.2 Å². The summed E-state index contributed by atoms with van der Waals surface area (Å²) in [7, 11) is 0. The van der Waals surface area contributed by atoms with Crippen molar-refractivity contribution in [2.24, 2.45) is 0 Å². The van der Waals surface area contributed by atoms with E-state index in [1.165, 1.54) is 0 Å². The zero-order valence-corrected chi connectivity index (χ0v) is 9.78. The van der Waals surface area contributed by atoms with Crippen molar-refractivity contribution in [1.82, 2.24) is 0 Å². The fraction of sp³-hybridized carbons (Fsp3) is 0.500. The molecule has 0 aliphatic carbocycles. The Balaban J connectivity index is 2.21. The molecule has 7 heteroatoms. The van der Waals surface area contributed by atoms with E-state index >= 15 is 0 Å². The number of halogens is 4. The predicted octanol–water partition coefficient (Wildman–Crippen LogP) is 2.94.